The van der Waals surface area contributed by atoms with Gasteiger partial charge >= 0.3 is 0 Å². The van der Waals surface area contributed by atoms with Crippen molar-refractivity contribution in [1.29, 1.82) is 0 Å². The normalized spacial score (nSPS) is 10.3. The molecule has 2 aromatic rings. The zero-order chi connectivity index (χ0) is 12.6. The van der Waals surface area contributed by atoms with Gasteiger partial charge in [0.2, 0.25) is 0 Å². The molecule has 0 bridgehead atoms. The maximum atomic E-state index is 5.64. The van der Waals surface area contributed by atoms with E-state index in [2.05, 4.69) is 12.1 Å². The van der Waals surface area contributed by atoms with Crippen LogP contribution in [-0.4, -0.2) is 13.7 Å². The number of hydrogen-bond donors (Lipinski definition) is 0. The average molecular weight is 241 g/mol. The molecule has 2 heteroatoms. The first kappa shape index (κ1) is 12.7. The smallest absolute Gasteiger partial charge is 0.118 e. The second kappa shape index (κ2) is 6.82. The summed E-state index contributed by atoms with van der Waals surface area (Å²) in [6, 6.07) is 19.1. The van der Waals surface area contributed by atoms with E-state index in [0.717, 1.165) is 17.7 Å². The topological polar surface area (TPSA) is 18.5 Å². The van der Waals surface area contributed by atoms with Gasteiger partial charge in [-0.25, -0.2) is 0 Å². The lowest BCUT2D eigenvalue weighted by molar-refractivity contribution is 0.124. The van der Waals surface area contributed by atoms with Gasteiger partial charge in [0.05, 0.1) is 20.3 Å². The van der Waals surface area contributed by atoms with Gasteiger partial charge in [-0.05, 0) is 35.7 Å². The second-order valence-corrected chi connectivity index (χ2v) is 4.04. The van der Waals surface area contributed by atoms with Crippen LogP contribution in [0.2, 0.25) is 0 Å². The summed E-state index contributed by atoms with van der Waals surface area (Å²) in [6.07, 6.45) is 0.900. The van der Waals surface area contributed by atoms with Crippen molar-refractivity contribution in [3.05, 3.63) is 65.7 Å². The first-order valence-electron chi connectivity index (χ1n) is 6.05. The fourth-order valence-electron chi connectivity index (χ4n) is 1.68. The van der Waals surface area contributed by atoms with E-state index in [1.807, 2.05) is 42.5 Å². The molecule has 18 heavy (non-hydrogen) atoms. The zero-order valence-electron chi connectivity index (χ0n) is 10.6. The Balaban J connectivity index is 1.72. The van der Waals surface area contributed by atoms with Crippen molar-refractivity contribution in [2.45, 2.75) is 13.0 Å². The molecule has 0 saturated heterocycles. The van der Waals surface area contributed by atoms with Crippen LogP contribution < -0.4 is 4.74 Å². The van der Waals surface area contributed by atoms with E-state index in [1.165, 1.54) is 5.56 Å². The highest BCUT2D eigenvalue weighted by molar-refractivity contribution is 5.26. The monoisotopic (exact) mass is 241 g/mol. The predicted octanol–water partition coefficient (Wildman–Crippen LogP) is 3.25. The molecule has 0 heterocycles. The summed E-state index contributed by atoms with van der Waals surface area (Å²) < 4.78 is 10.7. The maximum Gasteiger partial charge on any atom is 0.118 e. The number of hydrogen-bond acceptors (Lipinski definition) is 2. The third-order valence-electron chi connectivity index (χ3n) is 2.72. The molecule has 0 atom stereocenters. The molecule has 0 unspecified atom stereocenters. The molecule has 2 rings (SSSR count). The lowest BCUT2D eigenvalue weighted by Crippen LogP contribution is -1.99. The molecular weight excluding hydrogens is 224 g/mol. The minimum Gasteiger partial charge on any atom is -0.497 e. The maximum absolute atomic E-state index is 5.64. The van der Waals surface area contributed by atoms with E-state index in [1.54, 1.807) is 7.11 Å². The summed E-state index contributed by atoms with van der Waals surface area (Å²) >= 11 is 0. The molecule has 0 aliphatic heterocycles. The lowest BCUT2D eigenvalue weighted by Gasteiger charge is -2.05. The highest BCUT2D eigenvalue weighted by Gasteiger charge is 1.96. The minimum atomic E-state index is 0.636. The Bertz CT molecular complexity index is 448. The molecule has 0 spiro atoms. The van der Waals surface area contributed by atoms with E-state index in [9.17, 15) is 0 Å². The summed E-state index contributed by atoms with van der Waals surface area (Å²) in [5, 5.41) is 0. The van der Waals surface area contributed by atoms with Gasteiger partial charge in [-0.3, -0.25) is 0 Å². The quantitative estimate of drug-likeness (QED) is 0.723. The zero-order valence-corrected chi connectivity index (χ0v) is 10.6. The Labute approximate surface area is 108 Å². The molecule has 0 amide bonds. The molecule has 0 fully saturated rings. The van der Waals surface area contributed by atoms with Crippen LogP contribution in [0.15, 0.2) is 48.5 Å². The Hall–Kier alpha value is -1.80. The van der Waals surface area contributed by atoms with E-state index in [-0.39, 0.29) is 0 Å². The van der Waals surface area contributed by atoms with Gasteiger partial charge in [-0.15, -0.1) is 0 Å². The van der Waals surface area contributed by atoms with Crippen LogP contribution >= 0.6 is 0 Å². The van der Waals surface area contributed by atoms with Gasteiger partial charge in [0, 0.05) is 0 Å². The Morgan fingerprint density at radius 2 is 1.89 bits per heavy atom. The standard InChI is InChI=1S/C16H17O2/c1-17-16-9-7-15(8-10-16)13-18-12-11-14-5-3-2-4-6-14/h2-5,7-10H,11-13H2,1H3. The minimum absolute atomic E-state index is 0.636. The first-order valence-corrected chi connectivity index (χ1v) is 6.05. The average Bonchev–Trinajstić information content (AvgIpc) is 2.45. The van der Waals surface area contributed by atoms with Gasteiger partial charge < -0.3 is 9.47 Å². The van der Waals surface area contributed by atoms with Crippen molar-refractivity contribution in [3.8, 4) is 5.75 Å². The van der Waals surface area contributed by atoms with Crippen LogP contribution in [0, 0.1) is 6.07 Å². The van der Waals surface area contributed by atoms with Crippen molar-refractivity contribution < 1.29 is 9.47 Å². The molecule has 93 valence electrons. The molecule has 2 nitrogen and oxygen atoms in total. The highest BCUT2D eigenvalue weighted by atomic mass is 16.5. The highest BCUT2D eigenvalue weighted by Crippen LogP contribution is 2.12. The third kappa shape index (κ3) is 3.90. The summed E-state index contributed by atoms with van der Waals surface area (Å²) in [7, 11) is 1.67. The van der Waals surface area contributed by atoms with Gasteiger partial charge in [-0.1, -0.05) is 36.4 Å². The van der Waals surface area contributed by atoms with Crippen molar-refractivity contribution in [2.24, 2.45) is 0 Å². The number of benzene rings is 2. The Morgan fingerprint density at radius 1 is 1.06 bits per heavy atom. The number of ether oxygens (including phenoxy) is 2. The molecule has 0 N–H and O–H groups in total. The van der Waals surface area contributed by atoms with Gasteiger partial charge in [0.15, 0.2) is 0 Å². The van der Waals surface area contributed by atoms with Crippen LogP contribution in [-0.2, 0) is 17.8 Å². The Kier molecular flexibility index (Phi) is 4.79. The van der Waals surface area contributed by atoms with Gasteiger partial charge in [0.25, 0.3) is 0 Å². The SMILES string of the molecule is COc1ccc(COCCc2[c]cccc2)cc1. The summed E-state index contributed by atoms with van der Waals surface area (Å²) in [5.74, 6) is 0.873. The van der Waals surface area contributed by atoms with Crippen LogP contribution in [0.3, 0.4) is 0 Å². The van der Waals surface area contributed by atoms with E-state index < -0.39 is 0 Å². The first-order chi connectivity index (χ1) is 8.88. The van der Waals surface area contributed by atoms with Crippen molar-refractivity contribution in [1.82, 2.24) is 0 Å². The van der Waals surface area contributed by atoms with Gasteiger partial charge in [-0.2, -0.15) is 0 Å². The third-order valence-corrected chi connectivity index (χ3v) is 2.72. The number of methoxy groups -OCH3 is 1. The van der Waals surface area contributed by atoms with E-state index >= 15 is 0 Å². The molecule has 1 radical (unpaired) electrons. The molecule has 0 aliphatic rings. The molecule has 0 aliphatic carbocycles. The van der Waals surface area contributed by atoms with E-state index in [4.69, 9.17) is 9.47 Å². The second-order valence-electron chi connectivity index (χ2n) is 4.04. The van der Waals surface area contributed by atoms with Crippen LogP contribution in [0.25, 0.3) is 0 Å². The van der Waals surface area contributed by atoms with E-state index in [0.29, 0.717) is 13.2 Å². The van der Waals surface area contributed by atoms with Crippen LogP contribution in [0.5, 0.6) is 5.75 Å². The van der Waals surface area contributed by atoms with Gasteiger partial charge in [0.1, 0.15) is 5.75 Å². The van der Waals surface area contributed by atoms with Crippen molar-refractivity contribution >= 4 is 0 Å². The summed E-state index contributed by atoms with van der Waals surface area (Å²) in [6.45, 7) is 1.35. The fraction of sp³-hybridized carbons (Fsp3) is 0.250. The lowest BCUT2D eigenvalue weighted by atomic mass is 10.2. The van der Waals surface area contributed by atoms with Crippen molar-refractivity contribution in [3.63, 3.8) is 0 Å². The molecular formula is C16H17O2. The molecule has 0 saturated carbocycles. The predicted molar refractivity (Wildman–Crippen MR) is 71.6 cm³/mol. The summed E-state index contributed by atoms with van der Waals surface area (Å²) in [4.78, 5) is 0. The molecule has 0 aromatic heterocycles. The summed E-state index contributed by atoms with van der Waals surface area (Å²) in [5.41, 5.74) is 2.35. The molecule has 2 aromatic carbocycles. The fourth-order valence-corrected chi connectivity index (χ4v) is 1.68. The van der Waals surface area contributed by atoms with Crippen LogP contribution in [0.4, 0.5) is 0 Å². The largest absolute Gasteiger partial charge is 0.497 e. The van der Waals surface area contributed by atoms with Crippen molar-refractivity contribution in [2.75, 3.05) is 13.7 Å². The number of rotatable bonds is 6. The van der Waals surface area contributed by atoms with Crippen LogP contribution in [0.1, 0.15) is 11.1 Å². The Morgan fingerprint density at radius 3 is 2.56 bits per heavy atom.